The van der Waals surface area contributed by atoms with Crippen LogP contribution in [-0.2, 0) is 4.79 Å². The zero-order valence-corrected chi connectivity index (χ0v) is 12.0. The molecule has 2 heterocycles. The third-order valence-corrected chi connectivity index (χ3v) is 3.75. The third kappa shape index (κ3) is 5.12. The summed E-state index contributed by atoms with van der Waals surface area (Å²) in [4.78, 5) is 16.6. The molecular weight excluding hydrogens is 250 g/mol. The molecular formula is C13H26ClN3O. The maximum absolute atomic E-state index is 12.2. The molecule has 0 unspecified atom stereocenters. The van der Waals surface area contributed by atoms with E-state index in [-0.39, 0.29) is 12.4 Å². The standard InChI is InChI=1S/C13H25N3O.ClH/c17-13(16-9-3-1-2-4-10-16)12-15-8-5-6-14-7-11-15;/h14H,1-12H2;1H. The van der Waals surface area contributed by atoms with Crippen LogP contribution < -0.4 is 5.32 Å². The van der Waals surface area contributed by atoms with Crippen LogP contribution in [0.5, 0.6) is 0 Å². The second-order valence-corrected chi connectivity index (χ2v) is 5.17. The minimum Gasteiger partial charge on any atom is -0.342 e. The van der Waals surface area contributed by atoms with Crippen LogP contribution in [0.4, 0.5) is 0 Å². The molecule has 4 nitrogen and oxygen atoms in total. The van der Waals surface area contributed by atoms with Gasteiger partial charge in [0.2, 0.25) is 5.91 Å². The Kier molecular flexibility index (Phi) is 7.63. The summed E-state index contributed by atoms with van der Waals surface area (Å²) < 4.78 is 0. The minimum atomic E-state index is 0. The summed E-state index contributed by atoms with van der Waals surface area (Å²) >= 11 is 0. The molecule has 0 aromatic carbocycles. The van der Waals surface area contributed by atoms with Crippen molar-refractivity contribution < 1.29 is 4.79 Å². The number of hydrogen-bond acceptors (Lipinski definition) is 3. The lowest BCUT2D eigenvalue weighted by molar-refractivity contribution is -0.132. The van der Waals surface area contributed by atoms with Crippen LogP contribution in [-0.4, -0.2) is 61.5 Å². The Hall–Kier alpha value is -0.320. The smallest absolute Gasteiger partial charge is 0.236 e. The van der Waals surface area contributed by atoms with Crippen LogP contribution in [0.3, 0.4) is 0 Å². The van der Waals surface area contributed by atoms with E-state index >= 15 is 0 Å². The maximum Gasteiger partial charge on any atom is 0.236 e. The van der Waals surface area contributed by atoms with Gasteiger partial charge in [0.1, 0.15) is 0 Å². The SMILES string of the molecule is Cl.O=C(CN1CCCNCC1)N1CCCCCC1. The van der Waals surface area contributed by atoms with Gasteiger partial charge in [-0.2, -0.15) is 0 Å². The summed E-state index contributed by atoms with van der Waals surface area (Å²) in [5, 5.41) is 3.37. The number of carbonyl (C=O) groups is 1. The van der Waals surface area contributed by atoms with E-state index in [1.54, 1.807) is 0 Å². The van der Waals surface area contributed by atoms with E-state index in [0.717, 1.165) is 45.7 Å². The molecule has 0 atom stereocenters. The largest absolute Gasteiger partial charge is 0.342 e. The van der Waals surface area contributed by atoms with Crippen molar-refractivity contribution in [3.05, 3.63) is 0 Å². The summed E-state index contributed by atoms with van der Waals surface area (Å²) in [7, 11) is 0. The highest BCUT2D eigenvalue weighted by molar-refractivity contribution is 5.85. The molecule has 2 aliphatic rings. The molecule has 18 heavy (non-hydrogen) atoms. The lowest BCUT2D eigenvalue weighted by Gasteiger charge is -2.25. The molecule has 1 N–H and O–H groups in total. The lowest BCUT2D eigenvalue weighted by atomic mass is 10.2. The van der Waals surface area contributed by atoms with Gasteiger partial charge in [0, 0.05) is 26.2 Å². The molecule has 0 aromatic rings. The van der Waals surface area contributed by atoms with Crippen LogP contribution in [0.2, 0.25) is 0 Å². The monoisotopic (exact) mass is 275 g/mol. The number of halogens is 1. The lowest BCUT2D eigenvalue weighted by Crippen LogP contribution is -2.41. The average Bonchev–Trinajstić information content (AvgIpc) is 2.72. The van der Waals surface area contributed by atoms with Crippen LogP contribution in [0.25, 0.3) is 0 Å². The van der Waals surface area contributed by atoms with E-state index in [2.05, 4.69) is 15.1 Å². The topological polar surface area (TPSA) is 35.6 Å². The highest BCUT2D eigenvalue weighted by Gasteiger charge is 2.18. The van der Waals surface area contributed by atoms with E-state index in [1.165, 1.54) is 25.7 Å². The van der Waals surface area contributed by atoms with Gasteiger partial charge in [-0.05, 0) is 32.4 Å². The Morgan fingerprint density at radius 3 is 2.33 bits per heavy atom. The first-order valence-electron chi connectivity index (χ1n) is 7.07. The summed E-state index contributed by atoms with van der Waals surface area (Å²) in [6.07, 6.45) is 6.11. The van der Waals surface area contributed by atoms with Gasteiger partial charge in [0.15, 0.2) is 0 Å². The first-order valence-corrected chi connectivity index (χ1v) is 7.07. The molecule has 2 fully saturated rings. The van der Waals surface area contributed by atoms with Gasteiger partial charge in [-0.1, -0.05) is 12.8 Å². The Morgan fingerprint density at radius 2 is 1.61 bits per heavy atom. The molecule has 106 valence electrons. The quantitative estimate of drug-likeness (QED) is 0.820. The van der Waals surface area contributed by atoms with E-state index in [9.17, 15) is 4.79 Å². The van der Waals surface area contributed by atoms with Crippen molar-refractivity contribution in [3.63, 3.8) is 0 Å². The zero-order valence-electron chi connectivity index (χ0n) is 11.2. The number of hydrogen-bond donors (Lipinski definition) is 1. The molecule has 0 aromatic heterocycles. The number of likely N-dealkylation sites (tertiary alicyclic amines) is 1. The van der Waals surface area contributed by atoms with Crippen LogP contribution in [0, 0.1) is 0 Å². The van der Waals surface area contributed by atoms with Crippen molar-refractivity contribution in [3.8, 4) is 0 Å². The third-order valence-electron chi connectivity index (χ3n) is 3.75. The van der Waals surface area contributed by atoms with Gasteiger partial charge in [0.25, 0.3) is 0 Å². The van der Waals surface area contributed by atoms with Crippen molar-refractivity contribution in [2.24, 2.45) is 0 Å². The van der Waals surface area contributed by atoms with E-state index in [0.29, 0.717) is 12.5 Å². The fourth-order valence-electron chi connectivity index (χ4n) is 2.67. The summed E-state index contributed by atoms with van der Waals surface area (Å²) in [5.74, 6) is 0.341. The molecule has 0 bridgehead atoms. The average molecular weight is 276 g/mol. The molecule has 0 radical (unpaired) electrons. The van der Waals surface area contributed by atoms with Gasteiger partial charge in [0.05, 0.1) is 6.54 Å². The molecule has 1 amide bonds. The summed E-state index contributed by atoms with van der Waals surface area (Å²) in [5.41, 5.74) is 0. The van der Waals surface area contributed by atoms with Gasteiger partial charge >= 0.3 is 0 Å². The maximum atomic E-state index is 12.2. The Bertz CT molecular complexity index is 234. The molecule has 5 heteroatoms. The zero-order chi connectivity index (χ0) is 11.9. The van der Waals surface area contributed by atoms with Gasteiger partial charge in [-0.25, -0.2) is 0 Å². The second-order valence-electron chi connectivity index (χ2n) is 5.17. The Labute approximate surface area is 116 Å². The normalized spacial score (nSPS) is 22.8. The van der Waals surface area contributed by atoms with E-state index in [4.69, 9.17) is 0 Å². The van der Waals surface area contributed by atoms with Crippen LogP contribution in [0.1, 0.15) is 32.1 Å². The summed E-state index contributed by atoms with van der Waals surface area (Å²) in [6, 6.07) is 0. The molecule has 0 spiro atoms. The number of carbonyl (C=O) groups excluding carboxylic acids is 1. The van der Waals surface area contributed by atoms with Crippen LogP contribution >= 0.6 is 12.4 Å². The molecule has 2 saturated heterocycles. The van der Waals surface area contributed by atoms with Gasteiger partial charge in [-0.3, -0.25) is 9.69 Å². The number of amides is 1. The second kappa shape index (κ2) is 8.73. The Balaban J connectivity index is 0.00000162. The van der Waals surface area contributed by atoms with Crippen molar-refractivity contribution in [1.82, 2.24) is 15.1 Å². The highest BCUT2D eigenvalue weighted by Crippen LogP contribution is 2.10. The molecule has 2 aliphatic heterocycles. The minimum absolute atomic E-state index is 0. The molecule has 0 aliphatic carbocycles. The molecule has 2 rings (SSSR count). The van der Waals surface area contributed by atoms with Crippen molar-refractivity contribution >= 4 is 18.3 Å². The van der Waals surface area contributed by atoms with Gasteiger partial charge < -0.3 is 10.2 Å². The Morgan fingerprint density at radius 1 is 0.889 bits per heavy atom. The number of nitrogens with one attached hydrogen (secondary N) is 1. The van der Waals surface area contributed by atoms with Crippen molar-refractivity contribution in [1.29, 1.82) is 0 Å². The predicted octanol–water partition coefficient (Wildman–Crippen LogP) is 1.11. The first kappa shape index (κ1) is 15.7. The van der Waals surface area contributed by atoms with Gasteiger partial charge in [-0.15, -0.1) is 12.4 Å². The highest BCUT2D eigenvalue weighted by atomic mass is 35.5. The summed E-state index contributed by atoms with van der Waals surface area (Å²) in [6.45, 7) is 6.77. The van der Waals surface area contributed by atoms with E-state index < -0.39 is 0 Å². The van der Waals surface area contributed by atoms with Crippen LogP contribution in [0.15, 0.2) is 0 Å². The molecule has 0 saturated carbocycles. The van der Waals surface area contributed by atoms with Crippen molar-refractivity contribution in [2.45, 2.75) is 32.1 Å². The van der Waals surface area contributed by atoms with E-state index in [1.807, 2.05) is 0 Å². The number of nitrogens with zero attached hydrogens (tertiary/aromatic N) is 2. The number of rotatable bonds is 2. The fourth-order valence-corrected chi connectivity index (χ4v) is 2.67. The first-order chi connectivity index (χ1) is 8.36. The van der Waals surface area contributed by atoms with Crippen molar-refractivity contribution in [2.75, 3.05) is 45.8 Å². The fraction of sp³-hybridized carbons (Fsp3) is 0.923. The predicted molar refractivity (Wildman–Crippen MR) is 76.2 cm³/mol.